The van der Waals surface area contributed by atoms with Gasteiger partial charge in [0.25, 0.3) is 0 Å². The van der Waals surface area contributed by atoms with Gasteiger partial charge in [-0.2, -0.15) is 5.10 Å². The molecule has 2 rings (SSSR count). The third kappa shape index (κ3) is 2.72. The minimum Gasteiger partial charge on any atom is -0.316 e. The van der Waals surface area contributed by atoms with Gasteiger partial charge >= 0.3 is 0 Å². The summed E-state index contributed by atoms with van der Waals surface area (Å²) >= 11 is 5.79. The highest BCUT2D eigenvalue weighted by Crippen LogP contribution is 2.15. The minimum atomic E-state index is 0.728. The molecule has 4 heteroatoms. The number of hydrogen-bond donors (Lipinski definition) is 1. The van der Waals surface area contributed by atoms with Gasteiger partial charge in [-0.3, -0.25) is 4.68 Å². The fourth-order valence-electron chi connectivity index (χ4n) is 1.95. The van der Waals surface area contributed by atoms with Crippen molar-refractivity contribution in [3.05, 3.63) is 17.4 Å². The minimum absolute atomic E-state index is 0.728. The summed E-state index contributed by atoms with van der Waals surface area (Å²) < 4.78 is 1.93. The topological polar surface area (TPSA) is 29.9 Å². The van der Waals surface area contributed by atoms with Crippen LogP contribution in [-0.2, 0) is 6.54 Å². The van der Waals surface area contributed by atoms with Crippen LogP contribution >= 0.6 is 11.6 Å². The van der Waals surface area contributed by atoms with E-state index >= 15 is 0 Å². The number of aryl methyl sites for hydroxylation is 1. The van der Waals surface area contributed by atoms with Gasteiger partial charge in [0.1, 0.15) is 0 Å². The molecule has 0 aliphatic carbocycles. The van der Waals surface area contributed by atoms with E-state index in [-0.39, 0.29) is 0 Å². The summed E-state index contributed by atoms with van der Waals surface area (Å²) in [6.07, 6.45) is 7.44. The third-order valence-corrected chi connectivity index (χ3v) is 2.96. The first kappa shape index (κ1) is 9.99. The van der Waals surface area contributed by atoms with Gasteiger partial charge in [0.05, 0.1) is 11.2 Å². The number of halogens is 1. The van der Waals surface area contributed by atoms with Crippen molar-refractivity contribution < 1.29 is 0 Å². The van der Waals surface area contributed by atoms with Crippen LogP contribution in [0.2, 0.25) is 5.02 Å². The normalized spacial score (nSPS) is 22.5. The Balaban J connectivity index is 1.76. The molecule has 1 aromatic rings. The lowest BCUT2D eigenvalue weighted by Gasteiger charge is -2.22. The van der Waals surface area contributed by atoms with Gasteiger partial charge < -0.3 is 5.32 Å². The van der Waals surface area contributed by atoms with Crippen LogP contribution in [0.15, 0.2) is 12.4 Å². The number of piperidine rings is 1. The van der Waals surface area contributed by atoms with Crippen molar-refractivity contribution in [3.63, 3.8) is 0 Å². The van der Waals surface area contributed by atoms with Crippen molar-refractivity contribution in [2.45, 2.75) is 25.8 Å². The van der Waals surface area contributed by atoms with E-state index in [1.54, 1.807) is 6.20 Å². The molecule has 0 spiro atoms. The Morgan fingerprint density at radius 2 is 2.57 bits per heavy atom. The fourth-order valence-corrected chi connectivity index (χ4v) is 2.10. The van der Waals surface area contributed by atoms with E-state index in [0.29, 0.717) is 0 Å². The number of aromatic nitrogens is 2. The highest BCUT2D eigenvalue weighted by Gasteiger charge is 2.12. The molecule has 14 heavy (non-hydrogen) atoms. The average molecular weight is 214 g/mol. The standard InChI is InChI=1S/C10H16ClN3/c11-10-7-13-14(8-10)5-3-9-2-1-4-12-6-9/h7-9,12H,1-6H2. The molecule has 1 saturated heterocycles. The highest BCUT2D eigenvalue weighted by atomic mass is 35.5. The molecule has 1 aromatic heterocycles. The zero-order chi connectivity index (χ0) is 9.80. The van der Waals surface area contributed by atoms with Crippen LogP contribution in [0.1, 0.15) is 19.3 Å². The molecule has 0 aromatic carbocycles. The van der Waals surface area contributed by atoms with E-state index in [4.69, 9.17) is 11.6 Å². The first-order valence-corrected chi connectivity index (χ1v) is 5.61. The smallest absolute Gasteiger partial charge is 0.0785 e. The van der Waals surface area contributed by atoms with Crippen molar-refractivity contribution in [2.24, 2.45) is 5.92 Å². The molecule has 0 saturated carbocycles. The van der Waals surface area contributed by atoms with Gasteiger partial charge in [0.2, 0.25) is 0 Å². The lowest BCUT2D eigenvalue weighted by molar-refractivity contribution is 0.336. The fraction of sp³-hybridized carbons (Fsp3) is 0.700. The first-order chi connectivity index (χ1) is 6.84. The summed E-state index contributed by atoms with van der Waals surface area (Å²) in [6, 6.07) is 0. The Hall–Kier alpha value is -0.540. The summed E-state index contributed by atoms with van der Waals surface area (Å²) in [5, 5.41) is 8.31. The second kappa shape index (κ2) is 4.80. The van der Waals surface area contributed by atoms with Gasteiger partial charge in [-0.15, -0.1) is 0 Å². The number of rotatable bonds is 3. The summed E-state index contributed by atoms with van der Waals surface area (Å²) in [7, 11) is 0. The van der Waals surface area contributed by atoms with Crippen molar-refractivity contribution in [3.8, 4) is 0 Å². The zero-order valence-electron chi connectivity index (χ0n) is 8.25. The first-order valence-electron chi connectivity index (χ1n) is 5.23. The molecular formula is C10H16ClN3. The molecule has 0 amide bonds. The molecule has 3 nitrogen and oxygen atoms in total. The third-order valence-electron chi connectivity index (χ3n) is 2.77. The van der Waals surface area contributed by atoms with Crippen LogP contribution in [0, 0.1) is 5.92 Å². The monoisotopic (exact) mass is 213 g/mol. The van der Waals surface area contributed by atoms with Gasteiger partial charge in [-0.05, 0) is 38.3 Å². The molecule has 0 bridgehead atoms. The van der Waals surface area contributed by atoms with E-state index in [1.165, 1.54) is 25.8 Å². The molecule has 1 aliphatic heterocycles. The zero-order valence-corrected chi connectivity index (χ0v) is 9.00. The van der Waals surface area contributed by atoms with E-state index in [2.05, 4.69) is 10.4 Å². The van der Waals surface area contributed by atoms with Crippen molar-refractivity contribution >= 4 is 11.6 Å². The van der Waals surface area contributed by atoms with Crippen LogP contribution < -0.4 is 5.32 Å². The second-order valence-corrected chi connectivity index (χ2v) is 4.36. The van der Waals surface area contributed by atoms with Crippen LogP contribution in [0.3, 0.4) is 0 Å². The largest absolute Gasteiger partial charge is 0.316 e. The molecule has 1 aliphatic rings. The number of nitrogens with zero attached hydrogens (tertiary/aromatic N) is 2. The maximum absolute atomic E-state index is 5.79. The molecular weight excluding hydrogens is 198 g/mol. The van der Waals surface area contributed by atoms with E-state index in [0.717, 1.165) is 24.0 Å². The maximum Gasteiger partial charge on any atom is 0.0785 e. The van der Waals surface area contributed by atoms with Crippen LogP contribution in [0.5, 0.6) is 0 Å². The Kier molecular flexibility index (Phi) is 3.43. The lowest BCUT2D eigenvalue weighted by Crippen LogP contribution is -2.30. The average Bonchev–Trinajstić information content (AvgIpc) is 2.63. The second-order valence-electron chi connectivity index (χ2n) is 3.92. The lowest BCUT2D eigenvalue weighted by atomic mass is 9.96. The SMILES string of the molecule is Clc1cnn(CCC2CCCNC2)c1. The van der Waals surface area contributed by atoms with Crippen LogP contribution in [0.4, 0.5) is 0 Å². The van der Waals surface area contributed by atoms with Crippen molar-refractivity contribution in [2.75, 3.05) is 13.1 Å². The van der Waals surface area contributed by atoms with Crippen LogP contribution in [-0.4, -0.2) is 22.9 Å². The number of hydrogen-bond acceptors (Lipinski definition) is 2. The quantitative estimate of drug-likeness (QED) is 0.832. The molecule has 1 unspecified atom stereocenters. The molecule has 1 N–H and O–H groups in total. The predicted octanol–water partition coefficient (Wildman–Crippen LogP) is 1.93. The van der Waals surface area contributed by atoms with Crippen molar-refractivity contribution in [1.82, 2.24) is 15.1 Å². The molecule has 78 valence electrons. The Morgan fingerprint density at radius 1 is 1.64 bits per heavy atom. The van der Waals surface area contributed by atoms with Gasteiger partial charge in [-0.25, -0.2) is 0 Å². The molecule has 0 radical (unpaired) electrons. The van der Waals surface area contributed by atoms with E-state index < -0.39 is 0 Å². The molecule has 1 fully saturated rings. The van der Waals surface area contributed by atoms with E-state index in [1.807, 2.05) is 10.9 Å². The van der Waals surface area contributed by atoms with Gasteiger partial charge in [0.15, 0.2) is 0 Å². The van der Waals surface area contributed by atoms with Crippen molar-refractivity contribution in [1.29, 1.82) is 0 Å². The van der Waals surface area contributed by atoms with Gasteiger partial charge in [-0.1, -0.05) is 11.6 Å². The van der Waals surface area contributed by atoms with Gasteiger partial charge in [0, 0.05) is 12.7 Å². The summed E-state index contributed by atoms with van der Waals surface area (Å²) in [4.78, 5) is 0. The molecule has 2 heterocycles. The summed E-state index contributed by atoms with van der Waals surface area (Å²) in [5.74, 6) is 0.812. The molecule has 1 atom stereocenters. The predicted molar refractivity (Wildman–Crippen MR) is 57.4 cm³/mol. The Bertz CT molecular complexity index is 279. The highest BCUT2D eigenvalue weighted by molar-refractivity contribution is 6.30. The summed E-state index contributed by atoms with van der Waals surface area (Å²) in [6.45, 7) is 3.33. The Labute approximate surface area is 89.4 Å². The maximum atomic E-state index is 5.79. The number of nitrogens with one attached hydrogen (secondary N) is 1. The van der Waals surface area contributed by atoms with E-state index in [9.17, 15) is 0 Å². The summed E-state index contributed by atoms with van der Waals surface area (Å²) in [5.41, 5.74) is 0. The Morgan fingerprint density at radius 3 is 3.21 bits per heavy atom. The van der Waals surface area contributed by atoms with Crippen LogP contribution in [0.25, 0.3) is 0 Å².